The molecule has 4 heteroatoms. The molecule has 2 rings (SSSR count). The maximum atomic E-state index is 9.60. The molecule has 0 aliphatic rings. The topological polar surface area (TPSA) is 36.4 Å². The molecule has 20 heavy (non-hydrogen) atoms. The van der Waals surface area contributed by atoms with Crippen LogP contribution in [0.5, 0.6) is 0 Å². The largest absolute Gasteiger partial charge is 0.394 e. The third-order valence-corrected chi connectivity index (χ3v) is 3.53. The van der Waals surface area contributed by atoms with Crippen molar-refractivity contribution >= 4 is 17.3 Å². The van der Waals surface area contributed by atoms with Gasteiger partial charge >= 0.3 is 0 Å². The predicted molar refractivity (Wildman–Crippen MR) is 83.0 cm³/mol. The first kappa shape index (κ1) is 14.8. The maximum absolute atomic E-state index is 9.60. The molecular weight excluding hydrogens is 272 g/mol. The highest BCUT2D eigenvalue weighted by molar-refractivity contribution is 6.29. The summed E-state index contributed by atoms with van der Waals surface area (Å²) in [5.41, 5.74) is 1.98. The number of hydrogen-bond acceptors (Lipinski definition) is 3. The predicted octanol–water partition coefficient (Wildman–Crippen LogP) is 3.51. The van der Waals surface area contributed by atoms with Gasteiger partial charge in [-0.1, -0.05) is 42.8 Å². The summed E-state index contributed by atoms with van der Waals surface area (Å²) < 4.78 is 0. The summed E-state index contributed by atoms with van der Waals surface area (Å²) in [6.07, 6.45) is 0.867. The van der Waals surface area contributed by atoms with Crippen molar-refractivity contribution < 1.29 is 5.11 Å². The van der Waals surface area contributed by atoms with Gasteiger partial charge in [-0.05, 0) is 30.7 Å². The number of halogens is 1. The van der Waals surface area contributed by atoms with E-state index in [-0.39, 0.29) is 12.6 Å². The minimum atomic E-state index is 0.0678. The quantitative estimate of drug-likeness (QED) is 0.827. The van der Waals surface area contributed by atoms with Crippen LogP contribution < -0.4 is 4.90 Å². The molecule has 1 heterocycles. The van der Waals surface area contributed by atoms with Crippen molar-refractivity contribution in [3.63, 3.8) is 0 Å². The second-order valence-electron chi connectivity index (χ2n) is 4.66. The Bertz CT molecular complexity index is 529. The van der Waals surface area contributed by atoms with Gasteiger partial charge in [-0.2, -0.15) is 0 Å². The molecular formula is C16H19ClN2O. The summed E-state index contributed by atoms with van der Waals surface area (Å²) in [6, 6.07) is 15.7. The molecule has 0 spiro atoms. The standard InChI is InChI=1S/C16H19ClN2O/c1-2-14(12-20)19(15-8-4-3-5-9-15)11-13-7-6-10-16(17)18-13/h3-10,14,20H,2,11-12H2,1H3. The molecule has 0 aliphatic heterocycles. The Morgan fingerprint density at radius 3 is 2.50 bits per heavy atom. The van der Waals surface area contributed by atoms with Crippen LogP contribution in [0.3, 0.4) is 0 Å². The van der Waals surface area contributed by atoms with Crippen molar-refractivity contribution in [2.45, 2.75) is 25.9 Å². The monoisotopic (exact) mass is 290 g/mol. The zero-order valence-corrected chi connectivity index (χ0v) is 12.3. The number of nitrogens with zero attached hydrogens (tertiary/aromatic N) is 2. The van der Waals surface area contributed by atoms with Crippen LogP contribution in [-0.2, 0) is 6.54 Å². The molecule has 0 saturated carbocycles. The van der Waals surface area contributed by atoms with E-state index < -0.39 is 0 Å². The Morgan fingerprint density at radius 1 is 1.15 bits per heavy atom. The van der Waals surface area contributed by atoms with E-state index in [1.165, 1.54) is 0 Å². The van der Waals surface area contributed by atoms with Crippen molar-refractivity contribution in [3.05, 3.63) is 59.4 Å². The number of rotatable bonds is 6. The molecule has 1 unspecified atom stereocenters. The van der Waals surface area contributed by atoms with Crippen LogP contribution in [0, 0.1) is 0 Å². The summed E-state index contributed by atoms with van der Waals surface area (Å²) in [6.45, 7) is 2.82. The van der Waals surface area contributed by atoms with Crippen molar-refractivity contribution in [1.82, 2.24) is 4.98 Å². The van der Waals surface area contributed by atoms with Crippen LogP contribution in [0.2, 0.25) is 5.15 Å². The molecule has 0 bridgehead atoms. The van der Waals surface area contributed by atoms with E-state index >= 15 is 0 Å². The average molecular weight is 291 g/mol. The molecule has 0 fully saturated rings. The van der Waals surface area contributed by atoms with Crippen LogP contribution in [0.25, 0.3) is 0 Å². The molecule has 3 nitrogen and oxygen atoms in total. The van der Waals surface area contributed by atoms with Crippen molar-refractivity contribution in [2.75, 3.05) is 11.5 Å². The van der Waals surface area contributed by atoms with Crippen molar-refractivity contribution in [2.24, 2.45) is 0 Å². The van der Waals surface area contributed by atoms with Gasteiger partial charge in [0.25, 0.3) is 0 Å². The third kappa shape index (κ3) is 3.71. The fourth-order valence-electron chi connectivity index (χ4n) is 2.21. The Kier molecular flexibility index (Phi) is 5.39. The maximum Gasteiger partial charge on any atom is 0.129 e. The first-order valence-corrected chi connectivity index (χ1v) is 7.16. The van der Waals surface area contributed by atoms with Crippen LogP contribution in [0.1, 0.15) is 19.0 Å². The van der Waals surface area contributed by atoms with Gasteiger partial charge in [0.15, 0.2) is 0 Å². The van der Waals surface area contributed by atoms with E-state index in [1.54, 1.807) is 6.07 Å². The van der Waals surface area contributed by atoms with Gasteiger partial charge in [-0.3, -0.25) is 0 Å². The highest BCUT2D eigenvalue weighted by Gasteiger charge is 2.17. The minimum Gasteiger partial charge on any atom is -0.394 e. The summed E-state index contributed by atoms with van der Waals surface area (Å²) in [7, 11) is 0. The summed E-state index contributed by atoms with van der Waals surface area (Å²) in [4.78, 5) is 6.50. The Hall–Kier alpha value is -1.58. The molecule has 0 radical (unpaired) electrons. The molecule has 1 atom stereocenters. The number of para-hydroxylation sites is 1. The molecule has 2 aromatic rings. The molecule has 1 aromatic carbocycles. The van der Waals surface area contributed by atoms with Crippen LogP contribution in [0.15, 0.2) is 48.5 Å². The normalized spacial score (nSPS) is 12.2. The molecule has 0 aliphatic carbocycles. The number of hydrogen-bond donors (Lipinski definition) is 1. The lowest BCUT2D eigenvalue weighted by Crippen LogP contribution is -2.37. The zero-order chi connectivity index (χ0) is 14.4. The van der Waals surface area contributed by atoms with E-state index in [1.807, 2.05) is 42.5 Å². The SMILES string of the molecule is CCC(CO)N(Cc1cccc(Cl)n1)c1ccccc1. The first-order chi connectivity index (χ1) is 9.74. The third-order valence-electron chi connectivity index (χ3n) is 3.32. The van der Waals surface area contributed by atoms with Crippen molar-refractivity contribution in [1.29, 1.82) is 0 Å². The van der Waals surface area contributed by atoms with Gasteiger partial charge in [0.2, 0.25) is 0 Å². The Morgan fingerprint density at radius 2 is 1.90 bits per heavy atom. The molecule has 106 valence electrons. The highest BCUT2D eigenvalue weighted by atomic mass is 35.5. The van der Waals surface area contributed by atoms with Gasteiger partial charge in [-0.25, -0.2) is 4.98 Å². The molecule has 1 N–H and O–H groups in total. The van der Waals surface area contributed by atoms with Gasteiger partial charge in [-0.15, -0.1) is 0 Å². The molecule has 0 saturated heterocycles. The van der Waals surface area contributed by atoms with Crippen LogP contribution in [0.4, 0.5) is 5.69 Å². The zero-order valence-electron chi connectivity index (χ0n) is 11.5. The van der Waals surface area contributed by atoms with E-state index in [9.17, 15) is 5.11 Å². The van der Waals surface area contributed by atoms with Gasteiger partial charge in [0, 0.05) is 5.69 Å². The Labute approximate surface area is 124 Å². The Balaban J connectivity index is 2.27. The number of anilines is 1. The lowest BCUT2D eigenvalue weighted by molar-refractivity contribution is 0.255. The first-order valence-electron chi connectivity index (χ1n) is 6.78. The van der Waals surface area contributed by atoms with E-state index in [4.69, 9.17) is 11.6 Å². The average Bonchev–Trinajstić information content (AvgIpc) is 2.48. The summed E-state index contributed by atoms with van der Waals surface area (Å²) >= 11 is 5.94. The van der Waals surface area contributed by atoms with E-state index in [0.29, 0.717) is 11.7 Å². The number of pyridine rings is 1. The summed E-state index contributed by atoms with van der Waals surface area (Å²) in [5.74, 6) is 0. The second-order valence-corrected chi connectivity index (χ2v) is 5.05. The van der Waals surface area contributed by atoms with Crippen LogP contribution >= 0.6 is 11.6 Å². The number of aromatic nitrogens is 1. The number of aliphatic hydroxyl groups is 1. The number of benzene rings is 1. The lowest BCUT2D eigenvalue weighted by atomic mass is 10.1. The van der Waals surface area contributed by atoms with Gasteiger partial charge in [0.05, 0.1) is 24.9 Å². The van der Waals surface area contributed by atoms with Gasteiger partial charge < -0.3 is 10.0 Å². The lowest BCUT2D eigenvalue weighted by Gasteiger charge is -2.31. The van der Waals surface area contributed by atoms with Crippen molar-refractivity contribution in [3.8, 4) is 0 Å². The molecule has 1 aromatic heterocycles. The fourth-order valence-corrected chi connectivity index (χ4v) is 2.39. The van der Waals surface area contributed by atoms with E-state index in [0.717, 1.165) is 17.8 Å². The van der Waals surface area contributed by atoms with Crippen LogP contribution in [-0.4, -0.2) is 22.7 Å². The minimum absolute atomic E-state index is 0.0678. The van der Waals surface area contributed by atoms with Gasteiger partial charge in [0.1, 0.15) is 5.15 Å². The second kappa shape index (κ2) is 7.27. The number of aliphatic hydroxyl groups excluding tert-OH is 1. The fraction of sp³-hybridized carbons (Fsp3) is 0.312. The molecule has 0 amide bonds. The highest BCUT2D eigenvalue weighted by Crippen LogP contribution is 2.21. The summed E-state index contributed by atoms with van der Waals surface area (Å²) in [5, 5.41) is 10.1. The van der Waals surface area contributed by atoms with E-state index in [2.05, 4.69) is 16.8 Å². The smallest absolute Gasteiger partial charge is 0.129 e.